The van der Waals surface area contributed by atoms with E-state index in [-0.39, 0.29) is 23.8 Å². The van der Waals surface area contributed by atoms with Crippen molar-refractivity contribution in [1.82, 2.24) is 4.90 Å². The third kappa shape index (κ3) is 5.35. The smallest absolute Gasteiger partial charge is 0.387 e. The van der Waals surface area contributed by atoms with Gasteiger partial charge in [0.15, 0.2) is 0 Å². The van der Waals surface area contributed by atoms with E-state index >= 15 is 0 Å². The maximum absolute atomic E-state index is 12.2. The van der Waals surface area contributed by atoms with E-state index in [1.807, 2.05) is 0 Å². The average Bonchev–Trinajstić information content (AvgIpc) is 2.49. The molecule has 1 aliphatic rings. The first-order chi connectivity index (χ1) is 11.0. The summed E-state index contributed by atoms with van der Waals surface area (Å²) in [7, 11) is 1.65. The Labute approximate surface area is 134 Å². The number of hydrogen-bond acceptors (Lipinski definition) is 3. The standard InChI is InChI=1S/C16H22F2N2O3/c1-20(10-11-5-2-3-8-14(11)21)16(22)19-12-6-4-7-13(9-12)23-15(17)18/h4,6-7,9,11,14-15,21H,2-3,5,8,10H2,1H3,(H,19,22). The number of carbonyl (C=O) groups is 1. The third-order valence-corrected chi connectivity index (χ3v) is 4.03. The molecule has 2 rings (SSSR count). The van der Waals surface area contributed by atoms with Gasteiger partial charge < -0.3 is 20.1 Å². The maximum Gasteiger partial charge on any atom is 0.387 e. The summed E-state index contributed by atoms with van der Waals surface area (Å²) in [5.41, 5.74) is 0.379. The second kappa shape index (κ2) is 8.10. The van der Waals surface area contributed by atoms with Gasteiger partial charge in [-0.05, 0) is 25.0 Å². The predicted octanol–water partition coefficient (Wildman–Crippen LogP) is 3.30. The molecular formula is C16H22F2N2O3. The Morgan fingerprint density at radius 2 is 2.17 bits per heavy atom. The van der Waals surface area contributed by atoms with Crippen LogP contribution in [0.4, 0.5) is 19.3 Å². The van der Waals surface area contributed by atoms with Gasteiger partial charge in [0, 0.05) is 31.3 Å². The van der Waals surface area contributed by atoms with Gasteiger partial charge in [-0.15, -0.1) is 0 Å². The molecule has 128 valence electrons. The number of benzene rings is 1. The molecule has 0 bridgehead atoms. The number of alkyl halides is 2. The van der Waals surface area contributed by atoms with Crippen molar-refractivity contribution in [2.75, 3.05) is 18.9 Å². The lowest BCUT2D eigenvalue weighted by Gasteiger charge is -2.31. The fourth-order valence-corrected chi connectivity index (χ4v) is 2.80. The fraction of sp³-hybridized carbons (Fsp3) is 0.562. The van der Waals surface area contributed by atoms with Crippen LogP contribution in [-0.2, 0) is 0 Å². The van der Waals surface area contributed by atoms with Gasteiger partial charge in [0.1, 0.15) is 5.75 Å². The van der Waals surface area contributed by atoms with Gasteiger partial charge in [-0.2, -0.15) is 8.78 Å². The van der Waals surface area contributed by atoms with Crippen LogP contribution in [0.2, 0.25) is 0 Å². The van der Waals surface area contributed by atoms with Crippen LogP contribution in [0, 0.1) is 5.92 Å². The first-order valence-electron chi connectivity index (χ1n) is 7.71. The zero-order valence-corrected chi connectivity index (χ0v) is 13.0. The monoisotopic (exact) mass is 328 g/mol. The van der Waals surface area contributed by atoms with Crippen LogP contribution in [0.5, 0.6) is 5.75 Å². The summed E-state index contributed by atoms with van der Waals surface area (Å²) in [5.74, 6) is 0.0659. The molecule has 2 atom stereocenters. The number of hydrogen-bond donors (Lipinski definition) is 2. The van der Waals surface area contributed by atoms with Gasteiger partial charge in [0.2, 0.25) is 0 Å². The molecule has 1 aliphatic carbocycles. The molecule has 5 nitrogen and oxygen atoms in total. The molecule has 23 heavy (non-hydrogen) atoms. The topological polar surface area (TPSA) is 61.8 Å². The molecule has 0 heterocycles. The first kappa shape index (κ1) is 17.5. The van der Waals surface area contributed by atoms with Crippen molar-refractivity contribution in [2.45, 2.75) is 38.4 Å². The van der Waals surface area contributed by atoms with E-state index in [4.69, 9.17) is 0 Å². The highest BCUT2D eigenvalue weighted by molar-refractivity contribution is 5.89. The van der Waals surface area contributed by atoms with Crippen LogP contribution >= 0.6 is 0 Å². The van der Waals surface area contributed by atoms with Gasteiger partial charge in [-0.1, -0.05) is 18.9 Å². The zero-order chi connectivity index (χ0) is 16.8. The first-order valence-corrected chi connectivity index (χ1v) is 7.71. The van der Waals surface area contributed by atoms with Crippen LogP contribution in [0.3, 0.4) is 0 Å². The number of aliphatic hydroxyl groups is 1. The van der Waals surface area contributed by atoms with Crippen LogP contribution in [0.1, 0.15) is 25.7 Å². The minimum Gasteiger partial charge on any atom is -0.435 e. The van der Waals surface area contributed by atoms with Crippen LogP contribution in [0.15, 0.2) is 24.3 Å². The van der Waals surface area contributed by atoms with Crippen molar-refractivity contribution in [2.24, 2.45) is 5.92 Å². The molecule has 0 radical (unpaired) electrons. The van der Waals surface area contributed by atoms with E-state index in [0.29, 0.717) is 12.2 Å². The van der Waals surface area contributed by atoms with Crippen molar-refractivity contribution >= 4 is 11.7 Å². The average molecular weight is 328 g/mol. The Bertz CT molecular complexity index is 528. The number of ether oxygens (including phenoxy) is 1. The van der Waals surface area contributed by atoms with Crippen LogP contribution < -0.4 is 10.1 Å². The predicted molar refractivity (Wildman–Crippen MR) is 82.7 cm³/mol. The molecule has 1 aromatic rings. The van der Waals surface area contributed by atoms with E-state index in [2.05, 4.69) is 10.1 Å². The molecule has 2 amide bonds. The van der Waals surface area contributed by atoms with Crippen molar-refractivity contribution in [1.29, 1.82) is 0 Å². The summed E-state index contributed by atoms with van der Waals surface area (Å²) in [5, 5.41) is 12.6. The fourth-order valence-electron chi connectivity index (χ4n) is 2.80. The molecule has 2 N–H and O–H groups in total. The molecule has 1 fully saturated rings. The lowest BCUT2D eigenvalue weighted by Crippen LogP contribution is -2.40. The number of carbonyl (C=O) groups excluding carboxylic acids is 1. The number of halogens is 2. The molecule has 0 spiro atoms. The Morgan fingerprint density at radius 3 is 2.87 bits per heavy atom. The molecule has 2 unspecified atom stereocenters. The van der Waals surface area contributed by atoms with Gasteiger partial charge in [-0.3, -0.25) is 0 Å². The van der Waals surface area contributed by atoms with Gasteiger partial charge >= 0.3 is 12.6 Å². The summed E-state index contributed by atoms with van der Waals surface area (Å²) in [6.45, 7) is -2.45. The van der Waals surface area contributed by atoms with Gasteiger partial charge in [0.05, 0.1) is 6.10 Å². The minimum absolute atomic E-state index is 0.0110. The zero-order valence-electron chi connectivity index (χ0n) is 13.0. The van der Waals surface area contributed by atoms with Crippen molar-refractivity contribution < 1.29 is 23.4 Å². The Kier molecular flexibility index (Phi) is 6.15. The molecule has 0 aliphatic heterocycles. The summed E-state index contributed by atoms with van der Waals surface area (Å²) >= 11 is 0. The number of nitrogens with one attached hydrogen (secondary N) is 1. The van der Waals surface area contributed by atoms with E-state index in [9.17, 15) is 18.7 Å². The largest absolute Gasteiger partial charge is 0.435 e. The normalized spacial score (nSPS) is 21.1. The molecule has 7 heteroatoms. The highest BCUT2D eigenvalue weighted by atomic mass is 19.3. The molecule has 1 saturated carbocycles. The second-order valence-electron chi connectivity index (χ2n) is 5.83. The lowest BCUT2D eigenvalue weighted by molar-refractivity contribution is -0.0498. The number of rotatable bonds is 5. The van der Waals surface area contributed by atoms with E-state index in [1.54, 1.807) is 13.1 Å². The van der Waals surface area contributed by atoms with Crippen molar-refractivity contribution in [3.05, 3.63) is 24.3 Å². The highest BCUT2D eigenvalue weighted by Gasteiger charge is 2.25. The summed E-state index contributed by atoms with van der Waals surface area (Å²) in [6, 6.07) is 5.51. The molecular weight excluding hydrogens is 306 g/mol. The van der Waals surface area contributed by atoms with E-state index in [1.165, 1.54) is 23.1 Å². The molecule has 0 aromatic heterocycles. The Balaban J connectivity index is 1.90. The number of urea groups is 1. The number of amides is 2. The summed E-state index contributed by atoms with van der Waals surface area (Å²) < 4.78 is 28.7. The molecule has 0 saturated heterocycles. The van der Waals surface area contributed by atoms with E-state index in [0.717, 1.165) is 25.7 Å². The number of aliphatic hydroxyl groups excluding tert-OH is 1. The van der Waals surface area contributed by atoms with Gasteiger partial charge in [0.25, 0.3) is 0 Å². The van der Waals surface area contributed by atoms with E-state index < -0.39 is 6.61 Å². The number of nitrogens with zero attached hydrogens (tertiary/aromatic N) is 1. The summed E-state index contributed by atoms with van der Waals surface area (Å²) in [6.07, 6.45) is 3.37. The summed E-state index contributed by atoms with van der Waals surface area (Å²) in [4.78, 5) is 13.7. The Morgan fingerprint density at radius 1 is 1.43 bits per heavy atom. The van der Waals surface area contributed by atoms with Gasteiger partial charge in [-0.25, -0.2) is 4.79 Å². The number of anilines is 1. The van der Waals surface area contributed by atoms with Crippen LogP contribution in [-0.4, -0.2) is 42.3 Å². The highest BCUT2D eigenvalue weighted by Crippen LogP contribution is 2.25. The Hall–Kier alpha value is -1.89. The quantitative estimate of drug-likeness (QED) is 0.872. The second-order valence-corrected chi connectivity index (χ2v) is 5.83. The molecule has 1 aromatic carbocycles. The third-order valence-electron chi connectivity index (χ3n) is 4.03. The SMILES string of the molecule is CN(CC1CCCCC1O)C(=O)Nc1cccc(OC(F)F)c1. The van der Waals surface area contributed by atoms with Crippen molar-refractivity contribution in [3.63, 3.8) is 0 Å². The van der Waals surface area contributed by atoms with Crippen molar-refractivity contribution in [3.8, 4) is 5.75 Å². The maximum atomic E-state index is 12.2. The van der Waals surface area contributed by atoms with Crippen LogP contribution in [0.25, 0.3) is 0 Å². The lowest BCUT2D eigenvalue weighted by atomic mass is 9.86. The minimum atomic E-state index is -2.91.